The molecule has 1 aromatic rings. The molecule has 0 spiro atoms. The molecule has 0 unspecified atom stereocenters. The van der Waals surface area contributed by atoms with E-state index in [0.29, 0.717) is 0 Å². The van der Waals surface area contributed by atoms with Crippen molar-refractivity contribution in [1.82, 2.24) is 0 Å². The second kappa shape index (κ2) is 4.58. The van der Waals surface area contributed by atoms with E-state index in [0.717, 1.165) is 11.1 Å². The van der Waals surface area contributed by atoms with E-state index in [1.807, 2.05) is 45.9 Å². The van der Waals surface area contributed by atoms with E-state index < -0.39 is 6.04 Å². The van der Waals surface area contributed by atoms with Gasteiger partial charge in [0.2, 0.25) is 0 Å². The van der Waals surface area contributed by atoms with Gasteiger partial charge in [-0.05, 0) is 37.0 Å². The highest BCUT2D eigenvalue weighted by Crippen LogP contribution is 2.13. The summed E-state index contributed by atoms with van der Waals surface area (Å²) in [7, 11) is 0. The van der Waals surface area contributed by atoms with Crippen LogP contribution in [-0.2, 0) is 0 Å². The SMILES string of the molecule is Cc1ccc(C(=O)[C@@H](N)C(C)C)cc1C. The molecule has 2 heteroatoms. The van der Waals surface area contributed by atoms with Crippen molar-refractivity contribution in [2.75, 3.05) is 0 Å². The zero-order chi connectivity index (χ0) is 11.6. The maximum Gasteiger partial charge on any atom is 0.179 e. The first kappa shape index (κ1) is 11.9. The van der Waals surface area contributed by atoms with Crippen LogP contribution in [0.2, 0.25) is 0 Å². The first-order chi connectivity index (χ1) is 6.93. The Labute approximate surface area is 91.5 Å². The van der Waals surface area contributed by atoms with Crippen LogP contribution in [0.25, 0.3) is 0 Å². The van der Waals surface area contributed by atoms with Gasteiger partial charge >= 0.3 is 0 Å². The summed E-state index contributed by atoms with van der Waals surface area (Å²) in [6.45, 7) is 7.96. The van der Waals surface area contributed by atoms with Crippen molar-refractivity contribution < 1.29 is 4.79 Å². The number of ketones is 1. The normalized spacial score (nSPS) is 12.9. The average molecular weight is 205 g/mol. The van der Waals surface area contributed by atoms with Gasteiger partial charge in [-0.3, -0.25) is 4.79 Å². The fourth-order valence-corrected chi connectivity index (χ4v) is 1.39. The minimum Gasteiger partial charge on any atom is -0.321 e. The molecule has 1 aromatic carbocycles. The van der Waals surface area contributed by atoms with Gasteiger partial charge in [0.15, 0.2) is 5.78 Å². The molecule has 0 saturated carbocycles. The largest absolute Gasteiger partial charge is 0.321 e. The predicted molar refractivity (Wildman–Crippen MR) is 63.1 cm³/mol. The maximum absolute atomic E-state index is 11.9. The molecule has 0 heterocycles. The molecule has 0 aliphatic heterocycles. The van der Waals surface area contributed by atoms with Crippen LogP contribution in [0.5, 0.6) is 0 Å². The lowest BCUT2D eigenvalue weighted by molar-refractivity contribution is 0.0940. The Morgan fingerprint density at radius 2 is 1.80 bits per heavy atom. The van der Waals surface area contributed by atoms with E-state index in [2.05, 4.69) is 0 Å². The van der Waals surface area contributed by atoms with Crippen molar-refractivity contribution in [2.45, 2.75) is 33.7 Å². The zero-order valence-electron chi connectivity index (χ0n) is 9.87. The Morgan fingerprint density at radius 3 is 2.27 bits per heavy atom. The number of carbonyl (C=O) groups is 1. The molecule has 15 heavy (non-hydrogen) atoms. The van der Waals surface area contributed by atoms with Gasteiger partial charge in [0.25, 0.3) is 0 Å². The fraction of sp³-hybridized carbons (Fsp3) is 0.462. The number of hydrogen-bond donors (Lipinski definition) is 1. The topological polar surface area (TPSA) is 43.1 Å². The van der Waals surface area contributed by atoms with Crippen molar-refractivity contribution in [1.29, 1.82) is 0 Å². The van der Waals surface area contributed by atoms with Gasteiger partial charge in [-0.1, -0.05) is 26.0 Å². The molecular formula is C13H19NO. The summed E-state index contributed by atoms with van der Waals surface area (Å²) < 4.78 is 0. The summed E-state index contributed by atoms with van der Waals surface area (Å²) in [4.78, 5) is 11.9. The van der Waals surface area contributed by atoms with Crippen LogP contribution in [0.3, 0.4) is 0 Å². The van der Waals surface area contributed by atoms with Crippen LogP contribution in [0.15, 0.2) is 18.2 Å². The number of benzene rings is 1. The van der Waals surface area contributed by atoms with Crippen LogP contribution in [-0.4, -0.2) is 11.8 Å². The van der Waals surface area contributed by atoms with E-state index >= 15 is 0 Å². The number of nitrogens with two attached hydrogens (primary N) is 1. The molecule has 82 valence electrons. The Balaban J connectivity index is 2.97. The number of hydrogen-bond acceptors (Lipinski definition) is 2. The van der Waals surface area contributed by atoms with Crippen LogP contribution in [0.1, 0.15) is 35.3 Å². The molecule has 0 radical (unpaired) electrons. The lowest BCUT2D eigenvalue weighted by atomic mass is 9.94. The van der Waals surface area contributed by atoms with Crippen LogP contribution < -0.4 is 5.73 Å². The van der Waals surface area contributed by atoms with Crippen LogP contribution in [0.4, 0.5) is 0 Å². The molecule has 1 rings (SSSR count). The number of carbonyl (C=O) groups excluding carboxylic acids is 1. The third kappa shape index (κ3) is 2.66. The third-order valence-corrected chi connectivity index (χ3v) is 2.81. The highest BCUT2D eigenvalue weighted by molar-refractivity contribution is 6.00. The van der Waals surface area contributed by atoms with Crippen molar-refractivity contribution in [3.05, 3.63) is 34.9 Å². The maximum atomic E-state index is 11.9. The minimum atomic E-state index is -0.396. The second-order valence-electron chi connectivity index (χ2n) is 4.43. The van der Waals surface area contributed by atoms with Gasteiger partial charge in [0, 0.05) is 5.56 Å². The number of rotatable bonds is 3. The van der Waals surface area contributed by atoms with Gasteiger partial charge in [0.1, 0.15) is 0 Å². The summed E-state index contributed by atoms with van der Waals surface area (Å²) in [6, 6.07) is 5.34. The Bertz CT molecular complexity index is 369. The molecule has 0 saturated heterocycles. The number of aryl methyl sites for hydroxylation is 2. The van der Waals surface area contributed by atoms with Crippen LogP contribution >= 0.6 is 0 Å². The smallest absolute Gasteiger partial charge is 0.179 e. The molecular weight excluding hydrogens is 186 g/mol. The lowest BCUT2D eigenvalue weighted by Gasteiger charge is -2.14. The van der Waals surface area contributed by atoms with Crippen molar-refractivity contribution in [2.24, 2.45) is 11.7 Å². The molecule has 0 aromatic heterocycles. The number of Topliss-reactive ketones (excluding diaryl/α,β-unsaturated/α-hetero) is 1. The molecule has 2 N–H and O–H groups in total. The second-order valence-corrected chi connectivity index (χ2v) is 4.43. The summed E-state index contributed by atoms with van der Waals surface area (Å²) in [6.07, 6.45) is 0. The summed E-state index contributed by atoms with van der Waals surface area (Å²) >= 11 is 0. The standard InChI is InChI=1S/C13H19NO/c1-8(2)12(14)13(15)11-6-5-9(3)10(4)7-11/h5-8,12H,14H2,1-4H3/t12-/m0/s1. The van der Waals surface area contributed by atoms with Gasteiger partial charge < -0.3 is 5.73 Å². The summed E-state index contributed by atoms with van der Waals surface area (Å²) in [5.41, 5.74) is 8.89. The van der Waals surface area contributed by atoms with E-state index in [1.165, 1.54) is 5.56 Å². The van der Waals surface area contributed by atoms with E-state index in [4.69, 9.17) is 5.73 Å². The molecule has 2 nitrogen and oxygen atoms in total. The quantitative estimate of drug-likeness (QED) is 0.770. The summed E-state index contributed by atoms with van der Waals surface area (Å²) in [5, 5.41) is 0. The van der Waals surface area contributed by atoms with Crippen LogP contribution in [0, 0.1) is 19.8 Å². The van der Waals surface area contributed by atoms with Crippen molar-refractivity contribution in [3.63, 3.8) is 0 Å². The lowest BCUT2D eigenvalue weighted by Crippen LogP contribution is -2.35. The third-order valence-electron chi connectivity index (χ3n) is 2.81. The predicted octanol–water partition coefficient (Wildman–Crippen LogP) is 2.47. The zero-order valence-corrected chi connectivity index (χ0v) is 9.87. The highest BCUT2D eigenvalue weighted by Gasteiger charge is 2.18. The summed E-state index contributed by atoms with van der Waals surface area (Å²) in [5.74, 6) is 0.215. The van der Waals surface area contributed by atoms with Gasteiger partial charge in [-0.25, -0.2) is 0 Å². The highest BCUT2D eigenvalue weighted by atomic mass is 16.1. The first-order valence-corrected chi connectivity index (χ1v) is 5.30. The molecule has 0 aliphatic rings. The first-order valence-electron chi connectivity index (χ1n) is 5.30. The van der Waals surface area contributed by atoms with E-state index in [1.54, 1.807) is 0 Å². The Kier molecular flexibility index (Phi) is 3.64. The monoisotopic (exact) mass is 205 g/mol. The van der Waals surface area contributed by atoms with Crippen molar-refractivity contribution >= 4 is 5.78 Å². The molecule has 0 fully saturated rings. The minimum absolute atomic E-state index is 0.0353. The molecule has 1 atom stereocenters. The van der Waals surface area contributed by atoms with Gasteiger partial charge in [-0.15, -0.1) is 0 Å². The van der Waals surface area contributed by atoms with Crippen molar-refractivity contribution in [3.8, 4) is 0 Å². The van der Waals surface area contributed by atoms with Gasteiger partial charge in [-0.2, -0.15) is 0 Å². The molecule has 0 aliphatic carbocycles. The van der Waals surface area contributed by atoms with E-state index in [9.17, 15) is 4.79 Å². The Morgan fingerprint density at radius 1 is 1.20 bits per heavy atom. The molecule has 0 bridgehead atoms. The average Bonchev–Trinajstić information content (AvgIpc) is 2.19. The van der Waals surface area contributed by atoms with Gasteiger partial charge in [0.05, 0.1) is 6.04 Å². The fourth-order valence-electron chi connectivity index (χ4n) is 1.39. The van der Waals surface area contributed by atoms with E-state index in [-0.39, 0.29) is 11.7 Å². The Hall–Kier alpha value is -1.15. The molecule has 0 amide bonds.